The van der Waals surface area contributed by atoms with Crippen LogP contribution in [0.3, 0.4) is 0 Å². The standard InChI is InChI=1S/C23H19F2N7O/c1-12(20-22-19(26-5-6-27-22)8-18(29-20)16-9-23(16,24)25)33-14-3-4-17-15(7-14)21(31-30-17)13-10-28-32(2)11-13/h3-8,10-12,16H,9H2,1-2H3,(H,30,31)/t12-,16?/m1/s1. The lowest BCUT2D eigenvalue weighted by molar-refractivity contribution is 0.111. The van der Waals surface area contributed by atoms with Crippen molar-refractivity contribution in [3.05, 3.63) is 60.4 Å². The first-order valence-electron chi connectivity index (χ1n) is 10.5. The van der Waals surface area contributed by atoms with Crippen LogP contribution in [-0.2, 0) is 7.05 Å². The number of aromatic amines is 1. The van der Waals surface area contributed by atoms with E-state index in [2.05, 4.69) is 30.2 Å². The zero-order valence-corrected chi connectivity index (χ0v) is 17.8. The van der Waals surface area contributed by atoms with Crippen LogP contribution in [0, 0.1) is 0 Å². The van der Waals surface area contributed by atoms with Crippen LogP contribution in [0.1, 0.15) is 36.8 Å². The van der Waals surface area contributed by atoms with Crippen molar-refractivity contribution in [2.45, 2.75) is 31.3 Å². The topological polar surface area (TPSA) is 94.4 Å². The van der Waals surface area contributed by atoms with E-state index in [1.165, 1.54) is 0 Å². The van der Waals surface area contributed by atoms with Gasteiger partial charge in [-0.2, -0.15) is 10.2 Å². The zero-order chi connectivity index (χ0) is 22.7. The number of aromatic nitrogens is 7. The quantitative estimate of drug-likeness (QED) is 0.424. The molecule has 1 aromatic carbocycles. The van der Waals surface area contributed by atoms with Gasteiger partial charge in [-0.3, -0.25) is 24.7 Å². The summed E-state index contributed by atoms with van der Waals surface area (Å²) in [7, 11) is 1.85. The normalized spacial score (nSPS) is 18.0. The number of alkyl halides is 2. The Hall–Kier alpha value is -3.95. The van der Waals surface area contributed by atoms with Crippen LogP contribution in [0.25, 0.3) is 33.2 Å². The molecular formula is C23H19F2N7O. The van der Waals surface area contributed by atoms with Gasteiger partial charge in [-0.15, -0.1) is 0 Å². The van der Waals surface area contributed by atoms with E-state index in [0.717, 1.165) is 22.2 Å². The highest BCUT2D eigenvalue weighted by Gasteiger charge is 2.58. The van der Waals surface area contributed by atoms with Crippen molar-refractivity contribution in [3.63, 3.8) is 0 Å². The minimum Gasteiger partial charge on any atom is -0.484 e. The summed E-state index contributed by atoms with van der Waals surface area (Å²) in [5.74, 6) is -3.01. The molecule has 1 unspecified atom stereocenters. The lowest BCUT2D eigenvalue weighted by atomic mass is 10.1. The lowest BCUT2D eigenvalue weighted by Crippen LogP contribution is -2.10. The van der Waals surface area contributed by atoms with Crippen molar-refractivity contribution in [1.82, 2.24) is 34.9 Å². The molecule has 0 amide bonds. The third kappa shape index (κ3) is 3.38. The second-order valence-electron chi connectivity index (χ2n) is 8.32. The second kappa shape index (κ2) is 7.03. The first kappa shape index (κ1) is 19.7. The number of pyridine rings is 1. The molecule has 6 rings (SSSR count). The molecule has 166 valence electrons. The number of aryl methyl sites for hydroxylation is 1. The number of hydrogen-bond acceptors (Lipinski definition) is 6. The maximum absolute atomic E-state index is 13.7. The van der Waals surface area contributed by atoms with Crippen molar-refractivity contribution >= 4 is 21.9 Å². The molecule has 1 aliphatic carbocycles. The van der Waals surface area contributed by atoms with E-state index < -0.39 is 17.9 Å². The summed E-state index contributed by atoms with van der Waals surface area (Å²) in [5.41, 5.74) is 4.39. The minimum absolute atomic E-state index is 0.200. The lowest BCUT2D eigenvalue weighted by Gasteiger charge is -2.17. The van der Waals surface area contributed by atoms with E-state index >= 15 is 0 Å². The molecule has 0 bridgehead atoms. The number of halogens is 2. The molecule has 1 aliphatic rings. The Morgan fingerprint density at radius 1 is 1.21 bits per heavy atom. The molecule has 1 N–H and O–H groups in total. The highest BCUT2D eigenvalue weighted by Crippen LogP contribution is 2.55. The summed E-state index contributed by atoms with van der Waals surface area (Å²) in [6.07, 6.45) is 6.00. The Labute approximate surface area is 186 Å². The van der Waals surface area contributed by atoms with Crippen molar-refractivity contribution in [2.24, 2.45) is 7.05 Å². The van der Waals surface area contributed by atoms with Crippen LogP contribution < -0.4 is 4.74 Å². The molecule has 0 aliphatic heterocycles. The van der Waals surface area contributed by atoms with E-state index in [1.807, 2.05) is 38.4 Å². The number of ether oxygens (including phenoxy) is 1. The molecule has 4 heterocycles. The molecule has 4 aromatic heterocycles. The number of rotatable bonds is 5. The largest absolute Gasteiger partial charge is 0.484 e. The average molecular weight is 447 g/mol. The fourth-order valence-corrected chi connectivity index (χ4v) is 4.10. The molecule has 33 heavy (non-hydrogen) atoms. The predicted molar refractivity (Wildman–Crippen MR) is 117 cm³/mol. The summed E-state index contributed by atoms with van der Waals surface area (Å²) in [6.45, 7) is 1.83. The summed E-state index contributed by atoms with van der Waals surface area (Å²) >= 11 is 0. The summed E-state index contributed by atoms with van der Waals surface area (Å²) in [5, 5.41) is 12.5. The Bertz CT molecular complexity index is 1510. The van der Waals surface area contributed by atoms with Gasteiger partial charge in [0.05, 0.1) is 28.8 Å². The first-order chi connectivity index (χ1) is 15.9. The van der Waals surface area contributed by atoms with E-state index in [4.69, 9.17) is 4.74 Å². The van der Waals surface area contributed by atoms with Crippen molar-refractivity contribution in [3.8, 4) is 17.0 Å². The van der Waals surface area contributed by atoms with Crippen molar-refractivity contribution in [2.75, 3.05) is 0 Å². The van der Waals surface area contributed by atoms with Crippen LogP contribution in [0.5, 0.6) is 5.75 Å². The Balaban J connectivity index is 1.37. The van der Waals surface area contributed by atoms with Gasteiger partial charge in [0.1, 0.15) is 28.8 Å². The molecule has 1 fully saturated rings. The van der Waals surface area contributed by atoms with Gasteiger partial charge in [-0.1, -0.05) is 0 Å². The molecule has 5 aromatic rings. The molecule has 1 saturated carbocycles. The number of benzene rings is 1. The van der Waals surface area contributed by atoms with Crippen LogP contribution in [0.4, 0.5) is 8.78 Å². The monoisotopic (exact) mass is 447 g/mol. The number of nitrogens with one attached hydrogen (secondary N) is 1. The van der Waals surface area contributed by atoms with Crippen LogP contribution in [-0.4, -0.2) is 40.9 Å². The van der Waals surface area contributed by atoms with Crippen molar-refractivity contribution < 1.29 is 13.5 Å². The number of H-pyrrole nitrogens is 1. The first-order valence-corrected chi connectivity index (χ1v) is 10.5. The van der Waals surface area contributed by atoms with Gasteiger partial charge >= 0.3 is 0 Å². The summed E-state index contributed by atoms with van der Waals surface area (Å²) in [6, 6.07) is 7.21. The average Bonchev–Trinajstić information content (AvgIpc) is 3.11. The fraction of sp³-hybridized carbons (Fsp3) is 0.261. The van der Waals surface area contributed by atoms with Crippen LogP contribution in [0.15, 0.2) is 49.1 Å². The molecule has 0 radical (unpaired) electrons. The van der Waals surface area contributed by atoms with Crippen molar-refractivity contribution in [1.29, 1.82) is 0 Å². The minimum atomic E-state index is -2.72. The molecule has 0 saturated heterocycles. The maximum Gasteiger partial charge on any atom is 0.257 e. The highest BCUT2D eigenvalue weighted by atomic mass is 19.3. The van der Waals surface area contributed by atoms with E-state index in [9.17, 15) is 8.78 Å². The summed E-state index contributed by atoms with van der Waals surface area (Å²) in [4.78, 5) is 13.2. The maximum atomic E-state index is 13.7. The van der Waals surface area contributed by atoms with E-state index in [1.54, 1.807) is 29.3 Å². The van der Waals surface area contributed by atoms with Gasteiger partial charge in [0.25, 0.3) is 5.92 Å². The third-order valence-electron chi connectivity index (χ3n) is 5.90. The van der Waals surface area contributed by atoms with Crippen LogP contribution >= 0.6 is 0 Å². The van der Waals surface area contributed by atoms with Crippen LogP contribution in [0.2, 0.25) is 0 Å². The summed E-state index contributed by atoms with van der Waals surface area (Å²) < 4.78 is 35.4. The third-order valence-corrected chi connectivity index (χ3v) is 5.90. The smallest absolute Gasteiger partial charge is 0.257 e. The van der Waals surface area contributed by atoms with Gasteiger partial charge < -0.3 is 4.74 Å². The zero-order valence-electron chi connectivity index (χ0n) is 17.8. The van der Waals surface area contributed by atoms with Gasteiger partial charge in [0.15, 0.2) is 0 Å². The predicted octanol–water partition coefficient (Wildman–Crippen LogP) is 4.56. The highest BCUT2D eigenvalue weighted by molar-refractivity contribution is 5.93. The molecule has 10 heteroatoms. The van der Waals surface area contributed by atoms with E-state index in [0.29, 0.717) is 28.2 Å². The molecule has 8 nitrogen and oxygen atoms in total. The number of fused-ring (bicyclic) bond motifs is 2. The van der Waals surface area contributed by atoms with Gasteiger partial charge in [-0.25, -0.2) is 8.78 Å². The molecule has 2 atom stereocenters. The Morgan fingerprint density at radius 3 is 2.79 bits per heavy atom. The SMILES string of the molecule is C[C@@H](Oc1ccc2[nH]nc(-c3cnn(C)c3)c2c1)c1nc(C2CC2(F)F)cc2nccnc12. The van der Waals surface area contributed by atoms with Gasteiger partial charge in [0, 0.05) is 43.0 Å². The van der Waals surface area contributed by atoms with Gasteiger partial charge in [0.2, 0.25) is 0 Å². The molecular weight excluding hydrogens is 428 g/mol. The fourth-order valence-electron chi connectivity index (χ4n) is 4.10. The molecule has 0 spiro atoms. The van der Waals surface area contributed by atoms with E-state index in [-0.39, 0.29) is 6.42 Å². The number of hydrogen-bond donors (Lipinski definition) is 1. The number of nitrogens with zero attached hydrogens (tertiary/aromatic N) is 6. The second-order valence-corrected chi connectivity index (χ2v) is 8.32. The Morgan fingerprint density at radius 2 is 2.03 bits per heavy atom. The van der Waals surface area contributed by atoms with Gasteiger partial charge in [-0.05, 0) is 31.2 Å². The Kier molecular flexibility index (Phi) is 4.20.